The molecule has 0 saturated carbocycles. The molecule has 0 atom stereocenters. The van der Waals surface area contributed by atoms with Crippen LogP contribution in [-0.4, -0.2) is 43.2 Å². The molecule has 0 radical (unpaired) electrons. The molecule has 0 saturated heterocycles. The first-order valence-electron chi connectivity index (χ1n) is 4.48. The number of aliphatic hydroxyl groups is 1. The Labute approximate surface area is 81.7 Å². The lowest BCUT2D eigenvalue weighted by Gasteiger charge is -2.13. The molecule has 3 N–H and O–H groups in total. The second-order valence-electron chi connectivity index (χ2n) is 2.89. The zero-order chi connectivity index (χ0) is 11.0. The lowest BCUT2D eigenvalue weighted by Crippen LogP contribution is -2.39. The van der Waals surface area contributed by atoms with Gasteiger partial charge in [0, 0.05) is 13.0 Å². The lowest BCUT2D eigenvalue weighted by atomic mass is 10.3. The fourth-order valence-corrected chi connectivity index (χ4v) is 0.751. The molecule has 0 spiro atoms. The molecule has 0 aliphatic heterocycles. The number of aliphatic hydroxyl groups excluding tert-OH is 1. The van der Waals surface area contributed by atoms with Crippen molar-refractivity contribution in [3.8, 4) is 0 Å². The van der Waals surface area contributed by atoms with Crippen LogP contribution in [0.3, 0.4) is 0 Å². The van der Waals surface area contributed by atoms with Crippen LogP contribution in [0.15, 0.2) is 0 Å². The minimum absolute atomic E-state index is 0.162. The van der Waals surface area contributed by atoms with Gasteiger partial charge < -0.3 is 15.7 Å². The third kappa shape index (κ3) is 6.73. The highest BCUT2D eigenvalue weighted by Crippen LogP contribution is 2.09. The number of rotatable bonds is 7. The van der Waals surface area contributed by atoms with Crippen molar-refractivity contribution >= 4 is 5.91 Å². The van der Waals surface area contributed by atoms with Gasteiger partial charge in [-0.15, -0.1) is 0 Å². The number of carbonyl (C=O) groups is 1. The highest BCUT2D eigenvalue weighted by atomic mass is 19.3. The molecule has 4 nitrogen and oxygen atoms in total. The fraction of sp³-hybridized carbons (Fsp3) is 0.875. The Morgan fingerprint density at radius 3 is 2.64 bits per heavy atom. The molecule has 0 fully saturated rings. The van der Waals surface area contributed by atoms with E-state index in [0.29, 0.717) is 6.54 Å². The van der Waals surface area contributed by atoms with E-state index in [4.69, 9.17) is 5.11 Å². The summed E-state index contributed by atoms with van der Waals surface area (Å²) < 4.78 is 24.8. The van der Waals surface area contributed by atoms with Crippen LogP contribution < -0.4 is 10.6 Å². The van der Waals surface area contributed by atoms with Gasteiger partial charge in [-0.3, -0.25) is 4.79 Å². The van der Waals surface area contributed by atoms with Crippen LogP contribution in [0.5, 0.6) is 0 Å². The zero-order valence-corrected chi connectivity index (χ0v) is 8.15. The number of amides is 1. The van der Waals surface area contributed by atoms with E-state index in [1.54, 1.807) is 0 Å². The van der Waals surface area contributed by atoms with E-state index in [1.165, 1.54) is 0 Å². The zero-order valence-electron chi connectivity index (χ0n) is 8.15. The van der Waals surface area contributed by atoms with E-state index in [-0.39, 0.29) is 6.42 Å². The van der Waals surface area contributed by atoms with Crippen molar-refractivity contribution in [3.05, 3.63) is 0 Å². The summed E-state index contributed by atoms with van der Waals surface area (Å²) in [6.45, 7) is 1.03. The normalized spacial score (nSPS) is 11.4. The number of halogens is 2. The van der Waals surface area contributed by atoms with Crippen LogP contribution in [0.25, 0.3) is 0 Å². The molecule has 0 aliphatic rings. The van der Waals surface area contributed by atoms with Gasteiger partial charge >= 0.3 is 0 Å². The SMILES string of the molecule is CCNCCC(=O)NCC(F)(F)CO. The van der Waals surface area contributed by atoms with Gasteiger partial charge in [0.1, 0.15) is 6.61 Å². The van der Waals surface area contributed by atoms with Gasteiger partial charge in [-0.2, -0.15) is 0 Å². The van der Waals surface area contributed by atoms with E-state index < -0.39 is 25.0 Å². The second kappa shape index (κ2) is 6.67. The van der Waals surface area contributed by atoms with E-state index in [9.17, 15) is 13.6 Å². The average Bonchev–Trinajstić information content (AvgIpc) is 2.16. The van der Waals surface area contributed by atoms with E-state index >= 15 is 0 Å². The summed E-state index contributed by atoms with van der Waals surface area (Å²) in [6, 6.07) is 0. The van der Waals surface area contributed by atoms with Crippen molar-refractivity contribution in [1.29, 1.82) is 0 Å². The smallest absolute Gasteiger partial charge is 0.287 e. The van der Waals surface area contributed by atoms with E-state index in [0.717, 1.165) is 6.54 Å². The topological polar surface area (TPSA) is 61.4 Å². The molecule has 0 rings (SSSR count). The second-order valence-corrected chi connectivity index (χ2v) is 2.89. The summed E-state index contributed by atoms with van der Waals surface area (Å²) in [5, 5.41) is 13.1. The third-order valence-corrected chi connectivity index (χ3v) is 1.55. The van der Waals surface area contributed by atoms with Crippen molar-refractivity contribution in [1.82, 2.24) is 10.6 Å². The van der Waals surface area contributed by atoms with Crippen LogP contribution >= 0.6 is 0 Å². The molecule has 0 aromatic heterocycles. The van der Waals surface area contributed by atoms with Gasteiger partial charge in [-0.25, -0.2) is 8.78 Å². The van der Waals surface area contributed by atoms with E-state index in [1.807, 2.05) is 12.2 Å². The standard InChI is InChI=1S/C8H16F2N2O2/c1-2-11-4-3-7(14)12-5-8(9,10)6-13/h11,13H,2-6H2,1H3,(H,12,14). The summed E-state index contributed by atoms with van der Waals surface area (Å²) in [7, 11) is 0. The largest absolute Gasteiger partial charge is 0.390 e. The van der Waals surface area contributed by atoms with Crippen LogP contribution in [0.4, 0.5) is 8.78 Å². The predicted molar refractivity (Wildman–Crippen MR) is 48.2 cm³/mol. The van der Waals surface area contributed by atoms with Crippen molar-refractivity contribution < 1.29 is 18.7 Å². The summed E-state index contributed by atoms with van der Waals surface area (Å²) in [5.74, 6) is -3.67. The minimum atomic E-state index is -3.23. The van der Waals surface area contributed by atoms with Crippen molar-refractivity contribution in [2.45, 2.75) is 19.3 Å². The quantitative estimate of drug-likeness (QED) is 0.507. The Morgan fingerprint density at radius 2 is 2.14 bits per heavy atom. The van der Waals surface area contributed by atoms with Gasteiger partial charge in [-0.05, 0) is 6.54 Å². The molecule has 6 heteroatoms. The number of hydrogen-bond acceptors (Lipinski definition) is 3. The molecule has 0 aliphatic carbocycles. The van der Waals surface area contributed by atoms with Crippen LogP contribution in [-0.2, 0) is 4.79 Å². The molecule has 1 amide bonds. The third-order valence-electron chi connectivity index (χ3n) is 1.55. The maximum absolute atomic E-state index is 12.4. The number of hydrogen-bond donors (Lipinski definition) is 3. The fourth-order valence-electron chi connectivity index (χ4n) is 0.751. The average molecular weight is 210 g/mol. The molecular formula is C8H16F2N2O2. The van der Waals surface area contributed by atoms with Gasteiger partial charge in [0.05, 0.1) is 6.54 Å². The van der Waals surface area contributed by atoms with Crippen molar-refractivity contribution in [2.75, 3.05) is 26.2 Å². The van der Waals surface area contributed by atoms with Gasteiger partial charge in [0.2, 0.25) is 5.91 Å². The van der Waals surface area contributed by atoms with Gasteiger partial charge in [0.15, 0.2) is 0 Å². The number of alkyl halides is 2. The first kappa shape index (κ1) is 13.2. The Hall–Kier alpha value is -0.750. The van der Waals surface area contributed by atoms with Crippen LogP contribution in [0.1, 0.15) is 13.3 Å². The molecule has 0 aromatic rings. The minimum Gasteiger partial charge on any atom is -0.390 e. The number of nitrogens with one attached hydrogen (secondary N) is 2. The van der Waals surface area contributed by atoms with Crippen LogP contribution in [0.2, 0.25) is 0 Å². The molecule has 0 bridgehead atoms. The highest BCUT2D eigenvalue weighted by Gasteiger charge is 2.27. The number of carbonyl (C=O) groups excluding carboxylic acids is 1. The van der Waals surface area contributed by atoms with Gasteiger partial charge in [0.25, 0.3) is 5.92 Å². The van der Waals surface area contributed by atoms with E-state index in [2.05, 4.69) is 5.32 Å². The highest BCUT2D eigenvalue weighted by molar-refractivity contribution is 5.76. The van der Waals surface area contributed by atoms with Crippen molar-refractivity contribution in [3.63, 3.8) is 0 Å². The van der Waals surface area contributed by atoms with Gasteiger partial charge in [-0.1, -0.05) is 6.92 Å². The lowest BCUT2D eigenvalue weighted by molar-refractivity contribution is -0.123. The predicted octanol–water partition coefficient (Wildman–Crippen LogP) is -0.270. The molecule has 0 aromatic carbocycles. The maximum atomic E-state index is 12.4. The summed E-state index contributed by atoms with van der Waals surface area (Å²) in [6.07, 6.45) is 0.162. The summed E-state index contributed by atoms with van der Waals surface area (Å²) >= 11 is 0. The molecule has 0 heterocycles. The summed E-state index contributed by atoms with van der Waals surface area (Å²) in [5.41, 5.74) is 0. The summed E-state index contributed by atoms with van der Waals surface area (Å²) in [4.78, 5) is 10.9. The van der Waals surface area contributed by atoms with Crippen molar-refractivity contribution in [2.24, 2.45) is 0 Å². The monoisotopic (exact) mass is 210 g/mol. The Kier molecular flexibility index (Phi) is 6.31. The Bertz CT molecular complexity index is 177. The Morgan fingerprint density at radius 1 is 1.50 bits per heavy atom. The Balaban J connectivity index is 3.53. The maximum Gasteiger partial charge on any atom is 0.287 e. The van der Waals surface area contributed by atoms with Crippen LogP contribution in [0, 0.1) is 0 Å². The molecule has 0 unspecified atom stereocenters. The molecule has 14 heavy (non-hydrogen) atoms. The molecular weight excluding hydrogens is 194 g/mol. The molecule has 84 valence electrons. The first-order valence-corrected chi connectivity index (χ1v) is 4.48. The first-order chi connectivity index (χ1) is 6.52.